The summed E-state index contributed by atoms with van der Waals surface area (Å²) >= 11 is 0. The van der Waals surface area contributed by atoms with E-state index < -0.39 is 0 Å². The van der Waals surface area contributed by atoms with Crippen molar-refractivity contribution < 1.29 is 0 Å². The average Bonchev–Trinajstić information content (AvgIpc) is 3.09. The van der Waals surface area contributed by atoms with Crippen LogP contribution < -0.4 is 26.4 Å². The molecule has 1 aromatic heterocycles. The monoisotopic (exact) mass is 393 g/mol. The summed E-state index contributed by atoms with van der Waals surface area (Å²) in [5.74, 6) is 2.51. The number of benzene rings is 1. The lowest BCUT2D eigenvalue weighted by atomic mass is 9.83. The molecular weight excluding hydrogens is 362 g/mol. The van der Waals surface area contributed by atoms with Gasteiger partial charge in [0.1, 0.15) is 5.82 Å². The van der Waals surface area contributed by atoms with E-state index in [-0.39, 0.29) is 0 Å². The number of hydrogen-bond donors (Lipinski definition) is 4. The maximum absolute atomic E-state index is 4.86. The number of nitrogens with one attached hydrogen (secondary N) is 4. The second-order valence-electron chi connectivity index (χ2n) is 8.48. The predicted octanol–water partition coefficient (Wildman–Crippen LogP) is 2.07. The van der Waals surface area contributed by atoms with Gasteiger partial charge in [0.05, 0.1) is 0 Å². The fraction of sp³-hybridized carbons (Fsp3) is 0.545. The van der Waals surface area contributed by atoms with Gasteiger partial charge < -0.3 is 15.5 Å². The van der Waals surface area contributed by atoms with E-state index in [1.54, 1.807) is 0 Å². The van der Waals surface area contributed by atoms with E-state index in [0.717, 1.165) is 44.4 Å². The summed E-state index contributed by atoms with van der Waals surface area (Å²) in [6, 6.07) is 14.2. The molecule has 5 rings (SSSR count). The normalized spacial score (nSPS) is 29.9. The summed E-state index contributed by atoms with van der Waals surface area (Å²) in [5.41, 5.74) is 8.06. The first-order valence-corrected chi connectivity index (χ1v) is 11.0. The third-order valence-electron chi connectivity index (χ3n) is 6.57. The van der Waals surface area contributed by atoms with Gasteiger partial charge in [-0.05, 0) is 43.2 Å². The Morgan fingerprint density at radius 2 is 1.97 bits per heavy atom. The minimum Gasteiger partial charge on any atom is -0.367 e. The second-order valence-corrected chi connectivity index (χ2v) is 8.48. The maximum Gasteiger partial charge on any atom is 0.227 e. The van der Waals surface area contributed by atoms with E-state index in [1.807, 2.05) is 12.3 Å². The predicted molar refractivity (Wildman–Crippen MR) is 116 cm³/mol. The fourth-order valence-electron chi connectivity index (χ4n) is 4.96. The number of aromatic nitrogens is 2. The Labute approximate surface area is 172 Å². The Morgan fingerprint density at radius 3 is 2.90 bits per heavy atom. The molecule has 3 heterocycles. The van der Waals surface area contributed by atoms with Crippen molar-refractivity contribution in [2.75, 3.05) is 36.4 Å². The van der Waals surface area contributed by atoms with Crippen molar-refractivity contribution in [1.82, 2.24) is 26.1 Å². The number of anilines is 2. The lowest BCUT2D eigenvalue weighted by molar-refractivity contribution is 0.314. The smallest absolute Gasteiger partial charge is 0.227 e. The molecule has 0 spiro atoms. The van der Waals surface area contributed by atoms with Crippen molar-refractivity contribution in [3.63, 3.8) is 0 Å². The molecule has 29 heavy (non-hydrogen) atoms. The van der Waals surface area contributed by atoms with Crippen LogP contribution in [0.4, 0.5) is 11.8 Å². The van der Waals surface area contributed by atoms with Gasteiger partial charge in [-0.25, -0.2) is 4.98 Å². The van der Waals surface area contributed by atoms with Crippen LogP contribution in [0.2, 0.25) is 0 Å². The molecule has 0 radical (unpaired) electrons. The molecule has 1 aliphatic carbocycles. The van der Waals surface area contributed by atoms with Gasteiger partial charge in [-0.3, -0.25) is 10.9 Å². The topological polar surface area (TPSA) is 77.1 Å². The summed E-state index contributed by atoms with van der Waals surface area (Å²) in [6.45, 7) is 3.89. The summed E-state index contributed by atoms with van der Waals surface area (Å²) in [5, 5.41) is 7.35. The van der Waals surface area contributed by atoms with Gasteiger partial charge in [0.25, 0.3) is 0 Å². The molecule has 3 aliphatic rings. The molecule has 2 aromatic rings. The number of hydrazine groups is 1. The highest BCUT2D eigenvalue weighted by Crippen LogP contribution is 2.29. The van der Waals surface area contributed by atoms with Crippen molar-refractivity contribution in [3.8, 4) is 0 Å². The standard InChI is InChI=1S/C22H31N7/c1-2-4-16(5-3-1)19-9-12-29(13-11-23-19)22-24-10-8-21(27-22)26-18-6-7-20-17(14-18)15-25-28-20/h1-5,8,10,17-20,23,25,28H,6-7,9,11-15H2,(H,24,26,27). The van der Waals surface area contributed by atoms with E-state index in [2.05, 4.69) is 61.7 Å². The van der Waals surface area contributed by atoms with Crippen LogP contribution in [0.5, 0.6) is 0 Å². The van der Waals surface area contributed by atoms with Crippen LogP contribution >= 0.6 is 0 Å². The molecule has 2 aliphatic heterocycles. The largest absolute Gasteiger partial charge is 0.367 e. The molecule has 1 aromatic carbocycles. The summed E-state index contributed by atoms with van der Waals surface area (Å²) in [6.07, 6.45) is 6.53. The van der Waals surface area contributed by atoms with Crippen LogP contribution in [0.3, 0.4) is 0 Å². The number of rotatable bonds is 4. The number of nitrogens with zero attached hydrogens (tertiary/aromatic N) is 3. The average molecular weight is 394 g/mol. The minimum atomic E-state index is 0.395. The van der Waals surface area contributed by atoms with Crippen LogP contribution in [-0.2, 0) is 0 Å². The lowest BCUT2D eigenvalue weighted by Gasteiger charge is -2.31. The van der Waals surface area contributed by atoms with Crippen molar-refractivity contribution in [3.05, 3.63) is 48.2 Å². The quantitative estimate of drug-likeness (QED) is 0.633. The minimum absolute atomic E-state index is 0.395. The fourth-order valence-corrected chi connectivity index (χ4v) is 4.96. The highest BCUT2D eigenvalue weighted by molar-refractivity contribution is 5.42. The zero-order chi connectivity index (χ0) is 19.5. The first-order valence-electron chi connectivity index (χ1n) is 11.0. The maximum atomic E-state index is 4.86. The molecule has 7 heteroatoms. The van der Waals surface area contributed by atoms with E-state index in [4.69, 9.17) is 4.98 Å². The molecule has 1 saturated carbocycles. The molecule has 3 fully saturated rings. The van der Waals surface area contributed by atoms with E-state index in [1.165, 1.54) is 24.8 Å². The third-order valence-corrected chi connectivity index (χ3v) is 6.57. The van der Waals surface area contributed by atoms with Gasteiger partial charge in [-0.1, -0.05) is 30.3 Å². The van der Waals surface area contributed by atoms with Crippen molar-refractivity contribution in [2.45, 2.75) is 43.8 Å². The molecule has 0 amide bonds. The Hall–Kier alpha value is -2.22. The first-order chi connectivity index (χ1) is 14.3. The summed E-state index contributed by atoms with van der Waals surface area (Å²) in [7, 11) is 0. The highest BCUT2D eigenvalue weighted by Gasteiger charge is 2.33. The van der Waals surface area contributed by atoms with Gasteiger partial charge in [0.15, 0.2) is 0 Å². The van der Waals surface area contributed by atoms with Gasteiger partial charge in [0, 0.05) is 50.5 Å². The SMILES string of the molecule is c1ccc(C2CCN(c3nccc(NC4CCC5NNCC5C4)n3)CCN2)cc1. The van der Waals surface area contributed by atoms with Gasteiger partial charge in [-0.15, -0.1) is 0 Å². The molecule has 2 saturated heterocycles. The summed E-state index contributed by atoms with van der Waals surface area (Å²) < 4.78 is 0. The molecule has 4 atom stereocenters. The highest BCUT2D eigenvalue weighted by atomic mass is 15.4. The van der Waals surface area contributed by atoms with Gasteiger partial charge in [0.2, 0.25) is 5.95 Å². The van der Waals surface area contributed by atoms with Crippen LogP contribution in [0, 0.1) is 5.92 Å². The Morgan fingerprint density at radius 1 is 1.03 bits per heavy atom. The number of fused-ring (bicyclic) bond motifs is 1. The van der Waals surface area contributed by atoms with Crippen molar-refractivity contribution >= 4 is 11.8 Å². The molecule has 4 unspecified atom stereocenters. The molecule has 4 N–H and O–H groups in total. The van der Waals surface area contributed by atoms with E-state index in [9.17, 15) is 0 Å². The molecular formula is C22H31N7. The van der Waals surface area contributed by atoms with E-state index in [0.29, 0.717) is 24.0 Å². The van der Waals surface area contributed by atoms with E-state index >= 15 is 0 Å². The third kappa shape index (κ3) is 4.37. The zero-order valence-corrected chi connectivity index (χ0v) is 16.8. The first kappa shape index (κ1) is 18.8. The molecule has 0 bridgehead atoms. The van der Waals surface area contributed by atoms with Gasteiger partial charge >= 0.3 is 0 Å². The Balaban J connectivity index is 1.21. The number of hydrogen-bond acceptors (Lipinski definition) is 7. The second kappa shape index (κ2) is 8.65. The van der Waals surface area contributed by atoms with Crippen LogP contribution in [0.1, 0.15) is 37.3 Å². The Bertz CT molecular complexity index is 799. The molecule has 7 nitrogen and oxygen atoms in total. The van der Waals surface area contributed by atoms with Crippen molar-refractivity contribution in [2.24, 2.45) is 5.92 Å². The zero-order valence-electron chi connectivity index (χ0n) is 16.8. The van der Waals surface area contributed by atoms with Crippen LogP contribution in [0.15, 0.2) is 42.6 Å². The van der Waals surface area contributed by atoms with Crippen LogP contribution in [0.25, 0.3) is 0 Å². The van der Waals surface area contributed by atoms with Crippen molar-refractivity contribution in [1.29, 1.82) is 0 Å². The van der Waals surface area contributed by atoms with Crippen LogP contribution in [-0.4, -0.2) is 48.2 Å². The van der Waals surface area contributed by atoms with Gasteiger partial charge in [-0.2, -0.15) is 4.98 Å². The Kier molecular flexibility index (Phi) is 5.60. The lowest BCUT2D eigenvalue weighted by Crippen LogP contribution is -2.39. The summed E-state index contributed by atoms with van der Waals surface area (Å²) in [4.78, 5) is 11.7. The molecule has 154 valence electrons.